The fourth-order valence-corrected chi connectivity index (χ4v) is 1.49. The zero-order valence-electron chi connectivity index (χ0n) is 10.4. The highest BCUT2D eigenvalue weighted by Crippen LogP contribution is 2.22. The lowest BCUT2D eigenvalue weighted by Crippen LogP contribution is -2.40. The molecule has 19 heavy (non-hydrogen) atoms. The minimum Gasteiger partial charge on any atom is -0.503 e. The van der Waals surface area contributed by atoms with Crippen molar-refractivity contribution in [2.75, 3.05) is 6.54 Å². The van der Waals surface area contributed by atoms with Crippen LogP contribution in [0.25, 0.3) is 0 Å². The topological polar surface area (TPSA) is 77.8 Å². The first-order valence-electron chi connectivity index (χ1n) is 5.44. The number of amides is 1. The molecule has 0 unspecified atom stereocenters. The van der Waals surface area contributed by atoms with Crippen molar-refractivity contribution in [2.45, 2.75) is 19.9 Å². The van der Waals surface area contributed by atoms with Gasteiger partial charge in [-0.2, -0.15) is 0 Å². The van der Waals surface area contributed by atoms with Crippen molar-refractivity contribution in [3.63, 3.8) is 0 Å². The van der Waals surface area contributed by atoms with Crippen LogP contribution in [0.1, 0.15) is 24.2 Å². The Hall–Kier alpha value is -2.18. The van der Waals surface area contributed by atoms with Crippen LogP contribution >= 0.6 is 0 Å². The molecule has 0 saturated heterocycles. The molecular formula is C12H13F2NO4. The summed E-state index contributed by atoms with van der Waals surface area (Å²) < 4.78 is 26.3. The summed E-state index contributed by atoms with van der Waals surface area (Å²) in [5.74, 6) is -5.78. The third-order valence-corrected chi connectivity index (χ3v) is 2.45. The van der Waals surface area contributed by atoms with Crippen LogP contribution in [-0.2, 0) is 4.79 Å². The third kappa shape index (κ3) is 3.40. The number of rotatable bonds is 4. The van der Waals surface area contributed by atoms with Gasteiger partial charge in [0.1, 0.15) is 6.54 Å². The van der Waals surface area contributed by atoms with Crippen molar-refractivity contribution in [1.29, 1.82) is 0 Å². The van der Waals surface area contributed by atoms with Crippen LogP contribution < -0.4 is 0 Å². The maximum absolute atomic E-state index is 13.2. The summed E-state index contributed by atoms with van der Waals surface area (Å²) in [6.07, 6.45) is 0. The fourth-order valence-electron chi connectivity index (χ4n) is 1.49. The van der Waals surface area contributed by atoms with Gasteiger partial charge in [0.25, 0.3) is 5.91 Å². The number of carbonyl (C=O) groups excluding carboxylic acids is 1. The number of carboxylic acid groups (broad SMARTS) is 1. The average molecular weight is 273 g/mol. The van der Waals surface area contributed by atoms with E-state index in [0.717, 1.165) is 4.90 Å². The number of phenols is 1. The maximum Gasteiger partial charge on any atom is 0.323 e. The fraction of sp³-hybridized carbons (Fsp3) is 0.333. The van der Waals surface area contributed by atoms with E-state index in [1.54, 1.807) is 13.8 Å². The Morgan fingerprint density at radius 3 is 2.11 bits per heavy atom. The summed E-state index contributed by atoms with van der Waals surface area (Å²) in [6.45, 7) is 2.57. The molecule has 1 rings (SSSR count). The normalized spacial score (nSPS) is 10.6. The van der Waals surface area contributed by atoms with Crippen LogP contribution in [0.4, 0.5) is 8.78 Å². The predicted octanol–water partition coefficient (Wildman–Crippen LogP) is 1.61. The summed E-state index contributed by atoms with van der Waals surface area (Å²) in [4.78, 5) is 23.6. The quantitative estimate of drug-likeness (QED) is 0.873. The molecule has 0 spiro atoms. The van der Waals surface area contributed by atoms with Gasteiger partial charge in [-0.25, -0.2) is 8.78 Å². The Morgan fingerprint density at radius 2 is 1.74 bits per heavy atom. The van der Waals surface area contributed by atoms with Crippen molar-refractivity contribution in [3.8, 4) is 5.75 Å². The van der Waals surface area contributed by atoms with Gasteiger partial charge in [0.05, 0.1) is 0 Å². The lowest BCUT2D eigenvalue weighted by atomic mass is 10.1. The van der Waals surface area contributed by atoms with E-state index in [1.807, 2.05) is 0 Å². The molecule has 0 saturated carbocycles. The van der Waals surface area contributed by atoms with E-state index in [9.17, 15) is 18.4 Å². The first kappa shape index (κ1) is 14.9. The molecule has 1 amide bonds. The molecule has 0 aliphatic heterocycles. The van der Waals surface area contributed by atoms with Gasteiger partial charge < -0.3 is 15.1 Å². The minimum absolute atomic E-state index is 0.359. The molecule has 0 atom stereocenters. The second-order valence-corrected chi connectivity index (χ2v) is 4.21. The van der Waals surface area contributed by atoms with Gasteiger partial charge >= 0.3 is 5.97 Å². The zero-order chi connectivity index (χ0) is 14.7. The molecule has 0 heterocycles. The molecule has 1 aromatic carbocycles. The largest absolute Gasteiger partial charge is 0.503 e. The van der Waals surface area contributed by atoms with Crippen molar-refractivity contribution in [3.05, 3.63) is 29.3 Å². The number of benzene rings is 1. The van der Waals surface area contributed by atoms with Crippen molar-refractivity contribution in [1.82, 2.24) is 4.90 Å². The van der Waals surface area contributed by atoms with Crippen molar-refractivity contribution in [2.24, 2.45) is 0 Å². The highest BCUT2D eigenvalue weighted by Gasteiger charge is 2.23. The summed E-state index contributed by atoms with van der Waals surface area (Å²) >= 11 is 0. The molecule has 0 aromatic heterocycles. The number of halogens is 2. The SMILES string of the molecule is CC(C)N(CC(=O)O)C(=O)c1cc(F)c(O)c(F)c1. The summed E-state index contributed by atoms with van der Waals surface area (Å²) in [7, 11) is 0. The molecule has 104 valence electrons. The van der Waals surface area contributed by atoms with E-state index in [1.165, 1.54) is 0 Å². The number of aliphatic carboxylic acids is 1. The number of nitrogens with zero attached hydrogens (tertiary/aromatic N) is 1. The van der Waals surface area contributed by atoms with E-state index in [4.69, 9.17) is 10.2 Å². The number of hydrogen-bond acceptors (Lipinski definition) is 3. The van der Waals surface area contributed by atoms with E-state index >= 15 is 0 Å². The van der Waals surface area contributed by atoms with Crippen LogP contribution in [0.15, 0.2) is 12.1 Å². The van der Waals surface area contributed by atoms with Gasteiger partial charge in [0, 0.05) is 11.6 Å². The standard InChI is InChI=1S/C12H13F2NO4/c1-6(2)15(5-10(16)17)12(19)7-3-8(13)11(18)9(14)4-7/h3-4,6,18H,5H2,1-2H3,(H,16,17). The second kappa shape index (κ2) is 5.64. The lowest BCUT2D eigenvalue weighted by molar-refractivity contribution is -0.138. The van der Waals surface area contributed by atoms with E-state index < -0.39 is 41.8 Å². The smallest absolute Gasteiger partial charge is 0.323 e. The predicted molar refractivity (Wildman–Crippen MR) is 61.8 cm³/mol. The van der Waals surface area contributed by atoms with Gasteiger partial charge in [-0.05, 0) is 26.0 Å². The summed E-state index contributed by atoms with van der Waals surface area (Å²) in [6, 6.07) is 0.874. The molecule has 7 heteroatoms. The van der Waals surface area contributed by atoms with Gasteiger partial charge in [0.15, 0.2) is 17.4 Å². The highest BCUT2D eigenvalue weighted by atomic mass is 19.1. The Labute approximate surface area is 108 Å². The lowest BCUT2D eigenvalue weighted by Gasteiger charge is -2.25. The van der Waals surface area contributed by atoms with Crippen LogP contribution in [0.3, 0.4) is 0 Å². The molecule has 0 fully saturated rings. The first-order chi connectivity index (χ1) is 8.73. The highest BCUT2D eigenvalue weighted by molar-refractivity contribution is 5.96. The van der Waals surface area contributed by atoms with Gasteiger partial charge in [-0.15, -0.1) is 0 Å². The first-order valence-corrected chi connectivity index (χ1v) is 5.44. The van der Waals surface area contributed by atoms with E-state index in [-0.39, 0.29) is 5.56 Å². The average Bonchev–Trinajstić information content (AvgIpc) is 2.31. The summed E-state index contributed by atoms with van der Waals surface area (Å²) in [5, 5.41) is 17.6. The number of aromatic hydroxyl groups is 1. The van der Waals surface area contributed by atoms with Gasteiger partial charge in [-0.3, -0.25) is 9.59 Å². The van der Waals surface area contributed by atoms with Crippen LogP contribution in [0, 0.1) is 11.6 Å². The second-order valence-electron chi connectivity index (χ2n) is 4.21. The Bertz CT molecular complexity index is 493. The monoisotopic (exact) mass is 273 g/mol. The number of phenolic OH excluding ortho intramolecular Hbond substituents is 1. The van der Waals surface area contributed by atoms with Crippen LogP contribution in [0.5, 0.6) is 5.75 Å². The number of carbonyl (C=O) groups is 2. The molecule has 0 bridgehead atoms. The molecule has 0 radical (unpaired) electrons. The minimum atomic E-state index is -1.28. The zero-order valence-corrected chi connectivity index (χ0v) is 10.4. The number of carboxylic acids is 1. The third-order valence-electron chi connectivity index (χ3n) is 2.45. The van der Waals surface area contributed by atoms with Crippen molar-refractivity contribution < 1.29 is 28.6 Å². The molecule has 5 nitrogen and oxygen atoms in total. The van der Waals surface area contributed by atoms with E-state index in [2.05, 4.69) is 0 Å². The molecule has 1 aromatic rings. The Morgan fingerprint density at radius 1 is 1.26 bits per heavy atom. The van der Waals surface area contributed by atoms with Gasteiger partial charge in [0.2, 0.25) is 0 Å². The Kier molecular flexibility index (Phi) is 4.42. The molecular weight excluding hydrogens is 260 g/mol. The molecule has 0 aliphatic carbocycles. The molecule has 2 N–H and O–H groups in total. The van der Waals surface area contributed by atoms with Crippen LogP contribution in [0.2, 0.25) is 0 Å². The van der Waals surface area contributed by atoms with Gasteiger partial charge in [-0.1, -0.05) is 0 Å². The summed E-state index contributed by atoms with van der Waals surface area (Å²) in [5.41, 5.74) is -0.359. The van der Waals surface area contributed by atoms with E-state index in [0.29, 0.717) is 12.1 Å². The van der Waals surface area contributed by atoms with Crippen LogP contribution in [-0.4, -0.2) is 39.6 Å². The molecule has 0 aliphatic rings. The Balaban J connectivity index is 3.13. The van der Waals surface area contributed by atoms with Crippen molar-refractivity contribution >= 4 is 11.9 Å². The maximum atomic E-state index is 13.2. The number of hydrogen-bond donors (Lipinski definition) is 2.